The van der Waals surface area contributed by atoms with Crippen LogP contribution in [0.1, 0.15) is 24.0 Å². The molecule has 0 aliphatic carbocycles. The molecule has 1 aliphatic heterocycles. The topological polar surface area (TPSA) is 75.7 Å². The molecule has 2 aromatic carbocycles. The third kappa shape index (κ3) is 5.41. The van der Waals surface area contributed by atoms with Crippen LogP contribution >= 0.6 is 0 Å². The highest BCUT2D eigenvalue weighted by atomic mass is 16.5. The molecule has 1 heterocycles. The average molecular weight is 366 g/mol. The van der Waals surface area contributed by atoms with Crippen LogP contribution in [0.25, 0.3) is 0 Å². The molecule has 6 heteroatoms. The third-order valence-electron chi connectivity index (χ3n) is 4.34. The predicted molar refractivity (Wildman–Crippen MR) is 99.9 cm³/mol. The summed E-state index contributed by atoms with van der Waals surface area (Å²) < 4.78 is 5.80. The van der Waals surface area contributed by atoms with Gasteiger partial charge in [0, 0.05) is 19.4 Å². The maximum Gasteiger partial charge on any atom is 0.240 e. The first kappa shape index (κ1) is 18.6. The van der Waals surface area contributed by atoms with Gasteiger partial charge in [0.2, 0.25) is 17.7 Å². The Hall–Kier alpha value is -3.15. The number of carbonyl (C=O) groups is 3. The number of likely N-dealkylation sites (tertiary alicyclic amines) is 1. The van der Waals surface area contributed by atoms with Gasteiger partial charge in [-0.1, -0.05) is 42.5 Å². The van der Waals surface area contributed by atoms with Crippen LogP contribution in [0.15, 0.2) is 54.6 Å². The van der Waals surface area contributed by atoms with Crippen molar-refractivity contribution in [3.05, 3.63) is 65.7 Å². The molecule has 27 heavy (non-hydrogen) atoms. The van der Waals surface area contributed by atoms with Crippen molar-refractivity contribution in [2.45, 2.75) is 25.9 Å². The smallest absolute Gasteiger partial charge is 0.240 e. The minimum Gasteiger partial charge on any atom is -0.489 e. The number of benzene rings is 2. The van der Waals surface area contributed by atoms with Crippen molar-refractivity contribution in [1.82, 2.24) is 10.2 Å². The summed E-state index contributed by atoms with van der Waals surface area (Å²) in [6.07, 6.45) is 1.03. The molecule has 0 atom stereocenters. The average Bonchev–Trinajstić information content (AvgIpc) is 2.99. The molecule has 3 amide bonds. The van der Waals surface area contributed by atoms with Crippen molar-refractivity contribution in [3.8, 4) is 5.75 Å². The molecular weight excluding hydrogens is 344 g/mol. The fourth-order valence-corrected chi connectivity index (χ4v) is 2.88. The zero-order chi connectivity index (χ0) is 19.1. The summed E-state index contributed by atoms with van der Waals surface area (Å²) in [6, 6.07) is 17.7. The Balaban J connectivity index is 1.43. The Morgan fingerprint density at radius 2 is 1.67 bits per heavy atom. The highest BCUT2D eigenvalue weighted by Crippen LogP contribution is 2.15. The quantitative estimate of drug-likeness (QED) is 0.726. The maximum absolute atomic E-state index is 11.9. The number of hydrogen-bond donors (Lipinski definition) is 1. The Bertz CT molecular complexity index is 804. The standard InChI is InChI=1S/C21H22N2O4/c24-19(14-23-20(25)9-10-21(23)26)22-12-11-16-7-4-8-18(13-16)27-15-17-5-2-1-3-6-17/h1-8,13H,9-12,14-15H2,(H,22,24). The maximum atomic E-state index is 11.9. The summed E-state index contributed by atoms with van der Waals surface area (Å²) in [5.74, 6) is -0.108. The monoisotopic (exact) mass is 366 g/mol. The van der Waals surface area contributed by atoms with Gasteiger partial charge in [0.25, 0.3) is 0 Å². The molecule has 1 N–H and O–H groups in total. The van der Waals surface area contributed by atoms with Gasteiger partial charge in [0.15, 0.2) is 0 Å². The first-order chi connectivity index (χ1) is 13.1. The van der Waals surface area contributed by atoms with Gasteiger partial charge in [-0.25, -0.2) is 0 Å². The molecule has 1 saturated heterocycles. The van der Waals surface area contributed by atoms with E-state index in [1.54, 1.807) is 0 Å². The molecule has 0 saturated carbocycles. The molecule has 140 valence electrons. The fourth-order valence-electron chi connectivity index (χ4n) is 2.88. The lowest BCUT2D eigenvalue weighted by Gasteiger charge is -2.13. The molecule has 0 bridgehead atoms. The van der Waals surface area contributed by atoms with Gasteiger partial charge in [0.1, 0.15) is 18.9 Å². The fraction of sp³-hybridized carbons (Fsp3) is 0.286. The summed E-state index contributed by atoms with van der Waals surface area (Å²) in [5, 5.41) is 2.75. The molecular formula is C21H22N2O4. The van der Waals surface area contributed by atoms with Crippen molar-refractivity contribution in [2.75, 3.05) is 13.1 Å². The van der Waals surface area contributed by atoms with Gasteiger partial charge < -0.3 is 10.1 Å². The van der Waals surface area contributed by atoms with Crippen LogP contribution in [0, 0.1) is 0 Å². The number of carbonyl (C=O) groups excluding carboxylic acids is 3. The Kier molecular flexibility index (Phi) is 6.20. The minimum absolute atomic E-state index is 0.196. The van der Waals surface area contributed by atoms with Crippen LogP contribution in [-0.2, 0) is 27.4 Å². The number of ether oxygens (including phenoxy) is 1. The van der Waals surface area contributed by atoms with Crippen molar-refractivity contribution < 1.29 is 19.1 Å². The highest BCUT2D eigenvalue weighted by molar-refractivity contribution is 6.04. The lowest BCUT2D eigenvalue weighted by Crippen LogP contribution is -2.40. The Morgan fingerprint density at radius 1 is 0.963 bits per heavy atom. The van der Waals surface area contributed by atoms with Crippen molar-refractivity contribution in [2.24, 2.45) is 0 Å². The number of rotatable bonds is 8. The first-order valence-corrected chi connectivity index (χ1v) is 8.97. The zero-order valence-corrected chi connectivity index (χ0v) is 15.0. The van der Waals surface area contributed by atoms with Crippen molar-refractivity contribution in [1.29, 1.82) is 0 Å². The highest BCUT2D eigenvalue weighted by Gasteiger charge is 2.30. The van der Waals surface area contributed by atoms with Gasteiger partial charge in [-0.05, 0) is 29.7 Å². The molecule has 6 nitrogen and oxygen atoms in total. The Labute approximate surface area is 158 Å². The number of hydrogen-bond acceptors (Lipinski definition) is 4. The number of nitrogens with one attached hydrogen (secondary N) is 1. The molecule has 0 unspecified atom stereocenters. The summed E-state index contributed by atoms with van der Waals surface area (Å²) in [6.45, 7) is 0.730. The molecule has 1 fully saturated rings. The van der Waals surface area contributed by atoms with E-state index in [9.17, 15) is 14.4 Å². The second kappa shape index (κ2) is 8.98. The zero-order valence-electron chi connectivity index (χ0n) is 15.0. The first-order valence-electron chi connectivity index (χ1n) is 8.97. The minimum atomic E-state index is -0.324. The van der Waals surface area contributed by atoms with Gasteiger partial charge in [-0.2, -0.15) is 0 Å². The number of nitrogens with zero attached hydrogens (tertiary/aromatic N) is 1. The van der Waals surface area contributed by atoms with Crippen LogP contribution in [0.5, 0.6) is 5.75 Å². The van der Waals surface area contributed by atoms with E-state index in [1.807, 2.05) is 54.6 Å². The lowest BCUT2D eigenvalue weighted by molar-refractivity contribution is -0.142. The second-order valence-corrected chi connectivity index (χ2v) is 6.40. The van der Waals surface area contributed by atoms with E-state index in [-0.39, 0.29) is 37.1 Å². The van der Waals surface area contributed by atoms with E-state index >= 15 is 0 Å². The molecule has 0 spiro atoms. The number of imide groups is 1. The van der Waals surface area contributed by atoms with Gasteiger partial charge in [0.05, 0.1) is 0 Å². The van der Waals surface area contributed by atoms with Crippen molar-refractivity contribution in [3.63, 3.8) is 0 Å². The largest absolute Gasteiger partial charge is 0.489 e. The number of amides is 3. The second-order valence-electron chi connectivity index (χ2n) is 6.40. The van der Waals surface area contributed by atoms with Crippen LogP contribution in [-0.4, -0.2) is 35.7 Å². The summed E-state index contributed by atoms with van der Waals surface area (Å²) >= 11 is 0. The van der Waals surface area contributed by atoms with E-state index in [0.717, 1.165) is 21.8 Å². The van der Waals surface area contributed by atoms with E-state index in [2.05, 4.69) is 5.32 Å². The molecule has 0 aromatic heterocycles. The summed E-state index contributed by atoms with van der Waals surface area (Å²) in [5.41, 5.74) is 2.13. The van der Waals surface area contributed by atoms with Crippen LogP contribution < -0.4 is 10.1 Å². The van der Waals surface area contributed by atoms with Crippen LogP contribution in [0.3, 0.4) is 0 Å². The van der Waals surface area contributed by atoms with Crippen LogP contribution in [0.2, 0.25) is 0 Å². The summed E-state index contributed by atoms with van der Waals surface area (Å²) in [7, 11) is 0. The van der Waals surface area contributed by atoms with E-state index in [4.69, 9.17) is 4.74 Å². The molecule has 1 aliphatic rings. The van der Waals surface area contributed by atoms with E-state index in [0.29, 0.717) is 19.6 Å². The SMILES string of the molecule is O=C(CN1C(=O)CCC1=O)NCCc1cccc(OCc2ccccc2)c1. The van der Waals surface area contributed by atoms with Crippen LogP contribution in [0.4, 0.5) is 0 Å². The molecule has 0 radical (unpaired) electrons. The Morgan fingerprint density at radius 3 is 2.41 bits per heavy atom. The molecule has 2 aromatic rings. The lowest BCUT2D eigenvalue weighted by atomic mass is 10.1. The summed E-state index contributed by atoms with van der Waals surface area (Å²) in [4.78, 5) is 36.0. The van der Waals surface area contributed by atoms with Gasteiger partial charge in [-0.15, -0.1) is 0 Å². The van der Waals surface area contributed by atoms with E-state index < -0.39 is 0 Å². The van der Waals surface area contributed by atoms with Gasteiger partial charge >= 0.3 is 0 Å². The normalized spacial score (nSPS) is 13.7. The predicted octanol–water partition coefficient (Wildman–Crippen LogP) is 2.07. The third-order valence-corrected chi connectivity index (χ3v) is 4.34. The van der Waals surface area contributed by atoms with Crippen molar-refractivity contribution >= 4 is 17.7 Å². The molecule has 3 rings (SSSR count). The van der Waals surface area contributed by atoms with Gasteiger partial charge in [-0.3, -0.25) is 19.3 Å². The van der Waals surface area contributed by atoms with E-state index in [1.165, 1.54) is 0 Å².